The summed E-state index contributed by atoms with van der Waals surface area (Å²) < 4.78 is 11.8. The van der Waals surface area contributed by atoms with Gasteiger partial charge in [0.05, 0.1) is 35.6 Å². The lowest BCUT2D eigenvalue weighted by molar-refractivity contribution is -0.172. The number of nitrogens with zero attached hydrogens (tertiary/aromatic N) is 2. The Bertz CT molecular complexity index is 1530. The quantitative estimate of drug-likeness (QED) is 0.378. The Hall–Kier alpha value is -4.05. The summed E-state index contributed by atoms with van der Waals surface area (Å²) in [6.07, 6.45) is 0.277. The van der Waals surface area contributed by atoms with Crippen LogP contribution in [0.3, 0.4) is 0 Å². The van der Waals surface area contributed by atoms with Crippen LogP contribution >= 0.6 is 0 Å². The molecular formula is C27H27N3O7. The van der Waals surface area contributed by atoms with Gasteiger partial charge in [0.1, 0.15) is 12.6 Å². The molecule has 1 unspecified atom stereocenters. The number of ether oxygens (including phenoxy) is 2. The number of aromatic nitrogens is 2. The fourth-order valence-corrected chi connectivity index (χ4v) is 5.14. The topological polar surface area (TPSA) is 137 Å². The van der Waals surface area contributed by atoms with Crippen molar-refractivity contribution in [2.24, 2.45) is 0 Å². The summed E-state index contributed by atoms with van der Waals surface area (Å²) in [4.78, 5) is 54.8. The predicted octanol–water partition coefficient (Wildman–Crippen LogP) is 1.69. The number of carbonyl (C=O) groups excluding carboxylic acids is 3. The van der Waals surface area contributed by atoms with Crippen molar-refractivity contribution in [3.63, 3.8) is 0 Å². The van der Waals surface area contributed by atoms with Crippen molar-refractivity contribution >= 4 is 28.7 Å². The largest absolute Gasteiger partial charge is 0.464 e. The molecule has 0 spiro atoms. The minimum Gasteiger partial charge on any atom is -0.464 e. The summed E-state index contributed by atoms with van der Waals surface area (Å²) in [5.74, 6) is -1.63. The molecule has 5 rings (SSSR count). The third-order valence-corrected chi connectivity index (χ3v) is 7.01. The number of pyridine rings is 2. The van der Waals surface area contributed by atoms with Crippen LogP contribution in [0.25, 0.3) is 22.3 Å². The zero-order valence-corrected chi connectivity index (χ0v) is 20.8. The van der Waals surface area contributed by atoms with E-state index in [0.717, 1.165) is 16.5 Å². The first-order chi connectivity index (χ1) is 17.7. The van der Waals surface area contributed by atoms with Gasteiger partial charge in [-0.05, 0) is 37.1 Å². The van der Waals surface area contributed by atoms with E-state index in [2.05, 4.69) is 5.32 Å². The van der Waals surface area contributed by atoms with E-state index in [9.17, 15) is 24.3 Å². The van der Waals surface area contributed by atoms with Crippen molar-refractivity contribution in [3.05, 3.63) is 62.9 Å². The van der Waals surface area contributed by atoms with Gasteiger partial charge in [-0.25, -0.2) is 14.6 Å². The molecule has 0 saturated carbocycles. The first-order valence-electron chi connectivity index (χ1n) is 12.2. The van der Waals surface area contributed by atoms with Crippen LogP contribution in [0.5, 0.6) is 0 Å². The number of fused-ring (bicyclic) bond motifs is 5. The molecule has 1 amide bonds. The molecule has 2 aromatic heterocycles. The first kappa shape index (κ1) is 24.6. The van der Waals surface area contributed by atoms with Crippen LogP contribution in [0, 0.1) is 0 Å². The van der Waals surface area contributed by atoms with E-state index in [-0.39, 0.29) is 55.2 Å². The maximum absolute atomic E-state index is 13.4. The number of esters is 2. The zero-order chi connectivity index (χ0) is 26.5. The maximum Gasteiger partial charge on any atom is 0.343 e. The van der Waals surface area contributed by atoms with Gasteiger partial charge in [-0.3, -0.25) is 9.59 Å². The number of rotatable bonds is 6. The highest BCUT2D eigenvalue weighted by Crippen LogP contribution is 2.39. The van der Waals surface area contributed by atoms with Gasteiger partial charge < -0.3 is 24.5 Å². The number of amides is 1. The molecule has 2 atom stereocenters. The van der Waals surface area contributed by atoms with Crippen molar-refractivity contribution in [3.8, 4) is 11.4 Å². The van der Waals surface area contributed by atoms with E-state index >= 15 is 0 Å². The summed E-state index contributed by atoms with van der Waals surface area (Å²) in [5, 5.41) is 14.5. The molecule has 0 radical (unpaired) electrons. The van der Waals surface area contributed by atoms with Crippen LogP contribution in [0.1, 0.15) is 49.4 Å². The molecule has 0 saturated heterocycles. The molecular weight excluding hydrogens is 478 g/mol. The van der Waals surface area contributed by atoms with Gasteiger partial charge in [0.25, 0.3) is 5.56 Å². The lowest BCUT2D eigenvalue weighted by Crippen LogP contribution is -2.44. The summed E-state index contributed by atoms with van der Waals surface area (Å²) in [6.45, 7) is 4.97. The Balaban J connectivity index is 1.60. The molecule has 4 heterocycles. The molecule has 2 aliphatic heterocycles. The number of aliphatic hydroxyl groups is 1. The van der Waals surface area contributed by atoms with Gasteiger partial charge in [0.2, 0.25) is 5.91 Å². The highest BCUT2D eigenvalue weighted by atomic mass is 16.6. The summed E-state index contributed by atoms with van der Waals surface area (Å²) in [5.41, 5.74) is 1.65. The number of nitrogens with one attached hydrogen (secondary N) is 1. The second-order valence-electron chi connectivity index (χ2n) is 9.29. The van der Waals surface area contributed by atoms with E-state index in [0.29, 0.717) is 16.9 Å². The van der Waals surface area contributed by atoms with E-state index in [1.54, 1.807) is 24.5 Å². The van der Waals surface area contributed by atoms with Gasteiger partial charge in [0.15, 0.2) is 5.60 Å². The molecule has 0 aliphatic carbocycles. The van der Waals surface area contributed by atoms with Gasteiger partial charge in [0, 0.05) is 29.9 Å². The minimum atomic E-state index is -1.89. The van der Waals surface area contributed by atoms with Gasteiger partial charge in [-0.2, -0.15) is 0 Å². The van der Waals surface area contributed by atoms with Crippen molar-refractivity contribution in [2.75, 3.05) is 6.61 Å². The van der Waals surface area contributed by atoms with Crippen molar-refractivity contribution < 1.29 is 29.0 Å². The zero-order valence-electron chi connectivity index (χ0n) is 20.8. The first-order valence-corrected chi connectivity index (χ1v) is 12.2. The van der Waals surface area contributed by atoms with Crippen molar-refractivity contribution in [1.82, 2.24) is 14.9 Å². The molecule has 2 N–H and O–H groups in total. The number of benzene rings is 1. The lowest BCUT2D eigenvalue weighted by atomic mass is 9.86. The molecule has 3 aromatic rings. The number of hydrogen-bond acceptors (Lipinski definition) is 8. The Morgan fingerprint density at radius 1 is 1.27 bits per heavy atom. The predicted molar refractivity (Wildman–Crippen MR) is 132 cm³/mol. The SMILES string of the molecule is CCOC(=O)C(Cc1cccc2nc3c(cc12)Cn1c-3cc2c(c1=O)COC(=O)[C@]2(O)CC)NC(C)=O. The average molecular weight is 506 g/mol. The minimum absolute atomic E-state index is 0.0685. The van der Waals surface area contributed by atoms with Crippen LogP contribution in [-0.2, 0) is 49.0 Å². The Morgan fingerprint density at radius 3 is 2.76 bits per heavy atom. The molecule has 10 nitrogen and oxygen atoms in total. The molecule has 0 fully saturated rings. The van der Waals surface area contributed by atoms with Crippen LogP contribution in [-0.4, -0.2) is 45.2 Å². The number of cyclic esters (lactones) is 1. The Kier molecular flexibility index (Phi) is 6.07. The summed E-state index contributed by atoms with van der Waals surface area (Å²) in [7, 11) is 0. The monoisotopic (exact) mass is 505 g/mol. The highest BCUT2D eigenvalue weighted by molar-refractivity contribution is 5.89. The standard InChI is InChI=1S/C27H27N3O7/c1-4-27(35)19-11-22-23-16(12-30(22)24(32)18(19)13-37-26(27)34)9-17-15(7-6-8-20(17)29-23)10-21(28-14(3)31)25(33)36-5-2/h6-9,11,21,35H,4-5,10,12-13H2,1-3H3,(H,28,31)/t21?,27-/m0/s1. The average Bonchev–Trinajstić information content (AvgIpc) is 3.23. The lowest BCUT2D eigenvalue weighted by Gasteiger charge is -2.31. The van der Waals surface area contributed by atoms with E-state index < -0.39 is 23.6 Å². The highest BCUT2D eigenvalue weighted by Gasteiger charge is 2.45. The van der Waals surface area contributed by atoms with E-state index in [1.165, 1.54) is 6.92 Å². The molecule has 2 aliphatic rings. The smallest absolute Gasteiger partial charge is 0.343 e. The maximum atomic E-state index is 13.4. The number of carbonyl (C=O) groups is 3. The fourth-order valence-electron chi connectivity index (χ4n) is 5.14. The second-order valence-corrected chi connectivity index (χ2v) is 9.29. The Morgan fingerprint density at radius 2 is 2.05 bits per heavy atom. The van der Waals surface area contributed by atoms with Gasteiger partial charge in [-0.1, -0.05) is 19.1 Å². The Labute approximate surface area is 212 Å². The molecule has 0 bridgehead atoms. The van der Waals surface area contributed by atoms with E-state index in [4.69, 9.17) is 14.5 Å². The molecule has 1 aromatic carbocycles. The van der Waals surface area contributed by atoms with Crippen molar-refractivity contribution in [2.45, 2.75) is 58.4 Å². The normalized spacial score (nSPS) is 18.4. The van der Waals surface area contributed by atoms with Crippen LogP contribution < -0.4 is 10.9 Å². The molecule has 37 heavy (non-hydrogen) atoms. The second kappa shape index (κ2) is 9.11. The number of hydrogen-bond donors (Lipinski definition) is 2. The third-order valence-electron chi connectivity index (χ3n) is 7.01. The van der Waals surface area contributed by atoms with Gasteiger partial charge in [-0.15, -0.1) is 0 Å². The van der Waals surface area contributed by atoms with Crippen LogP contribution in [0.4, 0.5) is 0 Å². The van der Waals surface area contributed by atoms with Crippen LogP contribution in [0.15, 0.2) is 35.1 Å². The fraction of sp³-hybridized carbons (Fsp3) is 0.370. The molecule has 10 heteroatoms. The summed E-state index contributed by atoms with van der Waals surface area (Å²) >= 11 is 0. The van der Waals surface area contributed by atoms with E-state index in [1.807, 2.05) is 24.3 Å². The third kappa shape index (κ3) is 3.97. The van der Waals surface area contributed by atoms with Gasteiger partial charge >= 0.3 is 11.9 Å². The summed E-state index contributed by atoms with van der Waals surface area (Å²) in [6, 6.07) is 8.25. The molecule has 192 valence electrons. The van der Waals surface area contributed by atoms with Crippen LogP contribution in [0.2, 0.25) is 0 Å². The van der Waals surface area contributed by atoms with Crippen molar-refractivity contribution in [1.29, 1.82) is 0 Å².